The van der Waals surface area contributed by atoms with Gasteiger partial charge >= 0.3 is 0 Å². The molecule has 1 heterocycles. The third-order valence-corrected chi connectivity index (χ3v) is 6.78. The van der Waals surface area contributed by atoms with Crippen LogP contribution in [0, 0.1) is 12.8 Å². The van der Waals surface area contributed by atoms with Crippen molar-refractivity contribution >= 4 is 28.7 Å². The second-order valence-electron chi connectivity index (χ2n) is 8.04. The van der Waals surface area contributed by atoms with Crippen LogP contribution in [-0.2, 0) is 20.8 Å². The molecule has 29 heavy (non-hydrogen) atoms. The number of hydrogen-bond acceptors (Lipinski definition) is 6. The maximum Gasteiger partial charge on any atom is 0.240 e. The van der Waals surface area contributed by atoms with Gasteiger partial charge in [0.05, 0.1) is 11.6 Å². The van der Waals surface area contributed by atoms with Crippen molar-refractivity contribution in [3.63, 3.8) is 0 Å². The van der Waals surface area contributed by atoms with Gasteiger partial charge in [-0.2, -0.15) is 0 Å². The van der Waals surface area contributed by atoms with Crippen LogP contribution >= 0.6 is 11.8 Å². The summed E-state index contributed by atoms with van der Waals surface area (Å²) in [5, 5.41) is 15.3. The number of phenols is 1. The predicted octanol–water partition coefficient (Wildman–Crippen LogP) is 1.40. The molecule has 3 atom stereocenters. The van der Waals surface area contributed by atoms with Gasteiger partial charge in [-0.25, -0.2) is 0 Å². The standard InChI is InChI=1S/C21H29N3O4S/c1-13-11-14(4-6-17(13)25)5-7-18(26)23-9-2-3-15-12-21(15,22)20(28)24-16-8-10-29-19(16)27/h4,6,11,15-16,25H,2-3,5,7-10,12,22H2,1H3,(H,23,26)(H,24,28)/t15?,16-,21+/m0/s1. The Kier molecular flexibility index (Phi) is 6.85. The molecule has 0 bridgehead atoms. The summed E-state index contributed by atoms with van der Waals surface area (Å²) >= 11 is 1.26. The molecule has 2 aliphatic rings. The number of benzene rings is 1. The highest BCUT2D eigenvalue weighted by Gasteiger charge is 2.56. The van der Waals surface area contributed by atoms with Crippen molar-refractivity contribution in [1.29, 1.82) is 0 Å². The van der Waals surface area contributed by atoms with Gasteiger partial charge in [-0.1, -0.05) is 23.9 Å². The maximum absolute atomic E-state index is 12.4. The second kappa shape index (κ2) is 9.17. The fourth-order valence-corrected chi connectivity index (χ4v) is 4.63. The van der Waals surface area contributed by atoms with Crippen LogP contribution in [0.4, 0.5) is 0 Å². The summed E-state index contributed by atoms with van der Waals surface area (Å²) in [6.45, 7) is 2.39. The van der Waals surface area contributed by atoms with Crippen molar-refractivity contribution in [3.05, 3.63) is 29.3 Å². The first-order valence-electron chi connectivity index (χ1n) is 10.1. The Balaban J connectivity index is 1.30. The Hall–Kier alpha value is -2.06. The molecule has 5 N–H and O–H groups in total. The molecule has 1 saturated heterocycles. The SMILES string of the molecule is Cc1cc(CCC(=O)NCCCC2C[C@]2(N)C(=O)N[C@H]2CCSC2=O)ccc1O. The van der Waals surface area contributed by atoms with Crippen molar-refractivity contribution in [1.82, 2.24) is 10.6 Å². The fraction of sp³-hybridized carbons (Fsp3) is 0.571. The minimum atomic E-state index is -0.867. The van der Waals surface area contributed by atoms with Gasteiger partial charge in [-0.05, 0) is 62.1 Å². The van der Waals surface area contributed by atoms with Gasteiger partial charge in [0.25, 0.3) is 0 Å². The maximum atomic E-state index is 12.4. The third kappa shape index (κ3) is 5.51. The number of rotatable bonds is 9. The monoisotopic (exact) mass is 419 g/mol. The molecule has 1 unspecified atom stereocenters. The molecular formula is C21H29N3O4S. The van der Waals surface area contributed by atoms with E-state index in [-0.39, 0.29) is 28.6 Å². The van der Waals surface area contributed by atoms with E-state index in [4.69, 9.17) is 5.73 Å². The zero-order valence-corrected chi connectivity index (χ0v) is 17.5. The Morgan fingerprint density at radius 3 is 2.86 bits per heavy atom. The molecule has 1 saturated carbocycles. The van der Waals surface area contributed by atoms with E-state index in [1.165, 1.54) is 11.8 Å². The molecule has 0 radical (unpaired) electrons. The first-order valence-corrected chi connectivity index (χ1v) is 11.1. The number of thioether (sulfide) groups is 1. The summed E-state index contributed by atoms with van der Waals surface area (Å²) in [7, 11) is 0. The van der Waals surface area contributed by atoms with E-state index in [2.05, 4.69) is 10.6 Å². The van der Waals surface area contributed by atoms with Crippen molar-refractivity contribution in [2.24, 2.45) is 11.7 Å². The van der Waals surface area contributed by atoms with Crippen molar-refractivity contribution in [2.75, 3.05) is 12.3 Å². The molecular weight excluding hydrogens is 390 g/mol. The summed E-state index contributed by atoms with van der Waals surface area (Å²) in [5.74, 6) is 0.869. The largest absolute Gasteiger partial charge is 0.508 e. The number of nitrogens with two attached hydrogens (primary N) is 1. The Morgan fingerprint density at radius 2 is 2.17 bits per heavy atom. The average Bonchev–Trinajstić information content (AvgIpc) is 3.19. The van der Waals surface area contributed by atoms with Crippen molar-refractivity contribution in [3.8, 4) is 5.75 Å². The highest BCUT2D eigenvalue weighted by molar-refractivity contribution is 8.14. The molecule has 3 rings (SSSR count). The Labute approximate surface area is 175 Å². The van der Waals surface area contributed by atoms with Crippen LogP contribution in [0.25, 0.3) is 0 Å². The molecule has 8 heteroatoms. The van der Waals surface area contributed by atoms with Crippen LogP contribution in [-0.4, -0.2) is 45.9 Å². The lowest BCUT2D eigenvalue weighted by atomic mass is 10.1. The van der Waals surface area contributed by atoms with E-state index in [1.807, 2.05) is 19.1 Å². The number of carbonyl (C=O) groups is 3. The summed E-state index contributed by atoms with van der Waals surface area (Å²) < 4.78 is 0. The lowest BCUT2D eigenvalue weighted by Gasteiger charge is -2.15. The van der Waals surface area contributed by atoms with Crippen LogP contribution in [0.1, 0.15) is 43.2 Å². The smallest absolute Gasteiger partial charge is 0.240 e. The molecule has 2 fully saturated rings. The van der Waals surface area contributed by atoms with E-state index in [9.17, 15) is 19.5 Å². The molecule has 0 aromatic heterocycles. The van der Waals surface area contributed by atoms with Gasteiger partial charge in [-0.15, -0.1) is 0 Å². The number of phenolic OH excluding ortho intramolecular Hbond substituents is 1. The molecule has 7 nitrogen and oxygen atoms in total. The lowest BCUT2D eigenvalue weighted by Crippen LogP contribution is -2.49. The number of amides is 2. The van der Waals surface area contributed by atoms with Crippen LogP contribution in [0.2, 0.25) is 0 Å². The molecule has 1 aliphatic heterocycles. The van der Waals surface area contributed by atoms with Gasteiger partial charge in [-0.3, -0.25) is 14.4 Å². The van der Waals surface area contributed by atoms with Gasteiger partial charge in [0.15, 0.2) is 0 Å². The summed E-state index contributed by atoms with van der Waals surface area (Å²) in [6, 6.07) is 4.96. The number of aromatic hydroxyl groups is 1. The van der Waals surface area contributed by atoms with E-state index in [1.54, 1.807) is 6.07 Å². The molecule has 0 spiro atoms. The van der Waals surface area contributed by atoms with Crippen molar-refractivity contribution < 1.29 is 19.5 Å². The van der Waals surface area contributed by atoms with E-state index in [0.717, 1.165) is 29.7 Å². The average molecular weight is 420 g/mol. The Morgan fingerprint density at radius 1 is 1.38 bits per heavy atom. The molecule has 1 aromatic carbocycles. The minimum absolute atomic E-state index is 0.0134. The molecule has 1 aliphatic carbocycles. The highest BCUT2D eigenvalue weighted by atomic mass is 32.2. The number of aryl methyl sites for hydroxylation is 2. The fourth-order valence-electron chi connectivity index (χ4n) is 3.70. The van der Waals surface area contributed by atoms with Gasteiger partial charge in [0.1, 0.15) is 5.75 Å². The first-order chi connectivity index (χ1) is 13.8. The van der Waals surface area contributed by atoms with Gasteiger partial charge in [0.2, 0.25) is 16.9 Å². The van der Waals surface area contributed by atoms with E-state index >= 15 is 0 Å². The summed E-state index contributed by atoms with van der Waals surface area (Å²) in [4.78, 5) is 36.0. The predicted molar refractivity (Wildman–Crippen MR) is 112 cm³/mol. The van der Waals surface area contributed by atoms with Crippen LogP contribution in [0.3, 0.4) is 0 Å². The number of nitrogens with one attached hydrogen (secondary N) is 2. The molecule has 158 valence electrons. The molecule has 2 amide bonds. The topological polar surface area (TPSA) is 122 Å². The zero-order valence-electron chi connectivity index (χ0n) is 16.7. The third-order valence-electron chi connectivity index (χ3n) is 5.77. The van der Waals surface area contributed by atoms with E-state index < -0.39 is 11.6 Å². The number of carbonyl (C=O) groups excluding carboxylic acids is 3. The minimum Gasteiger partial charge on any atom is -0.508 e. The highest BCUT2D eigenvalue weighted by Crippen LogP contribution is 2.44. The van der Waals surface area contributed by atoms with Crippen LogP contribution in [0.5, 0.6) is 5.75 Å². The normalized spacial score (nSPS) is 25.7. The lowest BCUT2D eigenvalue weighted by molar-refractivity contribution is -0.126. The van der Waals surface area contributed by atoms with Crippen molar-refractivity contribution in [2.45, 2.75) is 57.0 Å². The quantitative estimate of drug-likeness (QED) is 0.449. The summed E-state index contributed by atoms with van der Waals surface area (Å²) in [6.07, 6.45) is 3.85. The van der Waals surface area contributed by atoms with Gasteiger partial charge < -0.3 is 21.5 Å². The first kappa shape index (κ1) is 21.6. The van der Waals surface area contributed by atoms with Crippen LogP contribution in [0.15, 0.2) is 18.2 Å². The Bertz CT molecular complexity index is 800. The second-order valence-corrected chi connectivity index (χ2v) is 9.14. The molecule has 1 aromatic rings. The van der Waals surface area contributed by atoms with Crippen LogP contribution < -0.4 is 16.4 Å². The zero-order chi connectivity index (χ0) is 21.0. The van der Waals surface area contributed by atoms with Gasteiger partial charge in [0, 0.05) is 18.7 Å². The van der Waals surface area contributed by atoms with E-state index in [0.29, 0.717) is 32.2 Å². The summed E-state index contributed by atoms with van der Waals surface area (Å²) in [5.41, 5.74) is 7.16. The number of hydrogen-bond donors (Lipinski definition) is 4.